The minimum absolute atomic E-state index is 0.000227. The topological polar surface area (TPSA) is 50.9 Å². The van der Waals surface area contributed by atoms with Crippen molar-refractivity contribution in [2.24, 2.45) is 0 Å². The van der Waals surface area contributed by atoms with Crippen LogP contribution < -0.4 is 0 Å². The van der Waals surface area contributed by atoms with E-state index in [9.17, 15) is 5.11 Å². The van der Waals surface area contributed by atoms with Gasteiger partial charge in [0.25, 0.3) is 0 Å². The Morgan fingerprint density at radius 1 is 0.542 bits per heavy atom. The number of aromatic hydroxyl groups is 1. The second-order valence-electron chi connectivity index (χ2n) is 16.5. The molecule has 0 fully saturated rings. The van der Waals surface area contributed by atoms with Crippen LogP contribution in [0.3, 0.4) is 0 Å². The van der Waals surface area contributed by atoms with Crippen LogP contribution in [0.25, 0.3) is 83.9 Å². The lowest BCUT2D eigenvalue weighted by Gasteiger charge is -2.21. The lowest BCUT2D eigenvalue weighted by atomic mass is 9.86. The number of benzene rings is 7. The fourth-order valence-electron chi connectivity index (χ4n) is 7.97. The second-order valence-corrected chi connectivity index (χ2v) is 16.5. The quantitative estimate of drug-likeness (QED) is 0.168. The number of hydrogen-bond acceptors (Lipinski definition) is 3. The first-order valence-electron chi connectivity index (χ1n) is 20.7. The van der Waals surface area contributed by atoms with Gasteiger partial charge in [0.1, 0.15) is 11.6 Å². The molecule has 2 aromatic heterocycles. The van der Waals surface area contributed by atoms with E-state index in [2.05, 4.69) is 159 Å². The van der Waals surface area contributed by atoms with Gasteiger partial charge in [-0.3, -0.25) is 9.55 Å². The lowest BCUT2D eigenvalue weighted by molar-refractivity contribution is 0.477. The third-order valence-corrected chi connectivity index (χ3v) is 11.2. The van der Waals surface area contributed by atoms with E-state index in [0.717, 1.165) is 78.0 Å². The molecule has 0 atom stereocenters. The molecule has 0 saturated heterocycles. The third-order valence-electron chi connectivity index (χ3n) is 11.2. The maximum Gasteiger partial charge on any atom is 0.149 e. The van der Waals surface area contributed by atoms with Crippen LogP contribution in [-0.2, 0) is 5.41 Å². The smallest absolute Gasteiger partial charge is 0.149 e. The Kier molecular flexibility index (Phi) is 9.46. The number of imidazole rings is 1. The molecule has 0 unspecified atom stereocenters. The first kappa shape index (κ1) is 36.3. The molecule has 0 amide bonds. The minimum Gasteiger partial charge on any atom is -0.507 e. The van der Waals surface area contributed by atoms with Crippen LogP contribution in [0.1, 0.15) is 53.0 Å². The van der Waals surface area contributed by atoms with Gasteiger partial charge in [0.2, 0.25) is 0 Å². The van der Waals surface area contributed by atoms with E-state index in [1.807, 2.05) is 56.4 Å². The predicted molar refractivity (Wildman–Crippen MR) is 246 cm³/mol. The maximum absolute atomic E-state index is 11.4. The highest BCUT2D eigenvalue weighted by Crippen LogP contribution is 2.42. The summed E-state index contributed by atoms with van der Waals surface area (Å²) in [4.78, 5) is 10.4. The summed E-state index contributed by atoms with van der Waals surface area (Å²) in [5.41, 5.74) is 15.6. The highest BCUT2D eigenvalue weighted by atomic mass is 16.3. The van der Waals surface area contributed by atoms with Crippen molar-refractivity contribution in [3.05, 3.63) is 193 Å². The Bertz CT molecular complexity index is 2990. The standard InChI is InChI=1S/C55H47N3O/c1-36(2)40-25-28-50(48(34-40)39-23-26-45(27-24-39)55(3,4)5)58-51-21-14-20-46(53(51)57-54(58)47-19-12-13-22-52(47)59)43-31-42(38-17-10-7-11-18-38)32-44(33-43)49-35-41(29-30-56-49)37-15-8-6-9-16-37/h6-36,59H,1-5H3/i36D. The summed E-state index contributed by atoms with van der Waals surface area (Å²) in [5, 5.41) is 11.4. The van der Waals surface area contributed by atoms with Gasteiger partial charge >= 0.3 is 0 Å². The Labute approximate surface area is 348 Å². The minimum atomic E-state index is -0.819. The van der Waals surface area contributed by atoms with Crippen LogP contribution in [-0.4, -0.2) is 19.6 Å². The van der Waals surface area contributed by atoms with Gasteiger partial charge < -0.3 is 5.11 Å². The molecule has 2 heterocycles. The molecule has 9 rings (SSSR count). The zero-order valence-electron chi connectivity index (χ0n) is 35.1. The molecule has 0 radical (unpaired) electrons. The van der Waals surface area contributed by atoms with Gasteiger partial charge in [0, 0.05) is 24.3 Å². The predicted octanol–water partition coefficient (Wildman–Crippen LogP) is 14.5. The van der Waals surface area contributed by atoms with Crippen molar-refractivity contribution >= 4 is 11.0 Å². The average Bonchev–Trinajstić information content (AvgIpc) is 3.66. The zero-order valence-corrected chi connectivity index (χ0v) is 34.1. The van der Waals surface area contributed by atoms with Gasteiger partial charge in [-0.15, -0.1) is 0 Å². The molecule has 4 nitrogen and oxygen atoms in total. The second kappa shape index (κ2) is 15.4. The summed E-state index contributed by atoms with van der Waals surface area (Å²) in [7, 11) is 0. The van der Waals surface area contributed by atoms with Crippen LogP contribution in [0.15, 0.2) is 182 Å². The first-order chi connectivity index (χ1) is 28.9. The molecule has 59 heavy (non-hydrogen) atoms. The summed E-state index contributed by atoms with van der Waals surface area (Å²) in [6.45, 7) is 10.5. The molecule has 9 aromatic rings. The van der Waals surface area contributed by atoms with E-state index < -0.39 is 5.89 Å². The number of fused-ring (bicyclic) bond motifs is 1. The van der Waals surface area contributed by atoms with Crippen LogP contribution in [0.2, 0.25) is 0 Å². The summed E-state index contributed by atoms with van der Waals surface area (Å²) in [6.07, 6.45) is 1.88. The Morgan fingerprint density at radius 2 is 1.19 bits per heavy atom. The van der Waals surface area contributed by atoms with E-state index in [0.29, 0.717) is 11.4 Å². The maximum atomic E-state index is 11.4. The summed E-state index contributed by atoms with van der Waals surface area (Å²) in [5.74, 6) is -0.0497. The van der Waals surface area contributed by atoms with Gasteiger partial charge in [-0.1, -0.05) is 150 Å². The van der Waals surface area contributed by atoms with Crippen LogP contribution in [0.5, 0.6) is 5.75 Å². The SMILES string of the molecule is [2H]C(C)(C)c1ccc(-n2c(-c3ccccc3O)nc3c(-c4cc(-c5ccccc5)cc(-c5cc(-c6ccccc6)ccn5)c4)cccc32)c(-c2ccc(C(C)(C)C)cc2)c1. The van der Waals surface area contributed by atoms with E-state index in [1.165, 1.54) is 5.56 Å². The number of phenols is 1. The van der Waals surface area contributed by atoms with Gasteiger partial charge in [-0.25, -0.2) is 4.98 Å². The Hall–Kier alpha value is -7.04. The molecule has 7 aromatic carbocycles. The van der Waals surface area contributed by atoms with E-state index in [-0.39, 0.29) is 11.2 Å². The number of pyridine rings is 1. The number of para-hydroxylation sites is 2. The van der Waals surface area contributed by atoms with Crippen molar-refractivity contribution in [3.8, 4) is 78.6 Å². The molecule has 0 aliphatic heterocycles. The van der Waals surface area contributed by atoms with Gasteiger partial charge in [-0.2, -0.15) is 0 Å². The number of hydrogen-bond donors (Lipinski definition) is 1. The first-order valence-corrected chi connectivity index (χ1v) is 20.2. The third kappa shape index (κ3) is 7.35. The average molecular weight is 767 g/mol. The fourth-order valence-corrected chi connectivity index (χ4v) is 7.97. The Balaban J connectivity index is 1.30. The monoisotopic (exact) mass is 766 g/mol. The van der Waals surface area contributed by atoms with Crippen molar-refractivity contribution in [3.63, 3.8) is 0 Å². The summed E-state index contributed by atoms with van der Waals surface area (Å²) in [6, 6.07) is 60.5. The van der Waals surface area contributed by atoms with Gasteiger partial charge in [0.05, 0.1) is 28.0 Å². The van der Waals surface area contributed by atoms with Gasteiger partial charge in [-0.05, 0) is 116 Å². The molecule has 288 valence electrons. The van der Waals surface area contributed by atoms with E-state index in [1.54, 1.807) is 6.07 Å². The molecule has 0 bridgehead atoms. The molecule has 0 saturated carbocycles. The summed E-state index contributed by atoms with van der Waals surface area (Å²) < 4.78 is 11.2. The number of nitrogens with zero attached hydrogens (tertiary/aromatic N) is 3. The van der Waals surface area contributed by atoms with Crippen LogP contribution >= 0.6 is 0 Å². The van der Waals surface area contributed by atoms with E-state index in [4.69, 9.17) is 11.3 Å². The molecular weight excluding hydrogens is 719 g/mol. The molecule has 1 N–H and O–H groups in total. The molecule has 0 spiro atoms. The van der Waals surface area contributed by atoms with Crippen molar-refractivity contribution in [2.75, 3.05) is 0 Å². The molecule has 4 heteroatoms. The van der Waals surface area contributed by atoms with Crippen LogP contribution in [0, 0.1) is 0 Å². The fraction of sp³-hybridized carbons (Fsp3) is 0.127. The molecule has 0 aliphatic carbocycles. The van der Waals surface area contributed by atoms with E-state index >= 15 is 0 Å². The number of rotatable bonds is 8. The van der Waals surface area contributed by atoms with Crippen LogP contribution in [0.4, 0.5) is 0 Å². The van der Waals surface area contributed by atoms with Crippen molar-refractivity contribution in [1.29, 1.82) is 0 Å². The van der Waals surface area contributed by atoms with Crippen molar-refractivity contribution < 1.29 is 6.48 Å². The van der Waals surface area contributed by atoms with Crippen molar-refractivity contribution in [1.82, 2.24) is 14.5 Å². The highest BCUT2D eigenvalue weighted by Gasteiger charge is 2.23. The number of phenolic OH excluding ortho intramolecular Hbond substituents is 1. The summed E-state index contributed by atoms with van der Waals surface area (Å²) >= 11 is 0. The molecular formula is C55H47N3O. The lowest BCUT2D eigenvalue weighted by Crippen LogP contribution is -2.10. The highest BCUT2D eigenvalue weighted by molar-refractivity contribution is 5.98. The Morgan fingerprint density at radius 3 is 1.88 bits per heavy atom. The molecule has 0 aliphatic rings. The normalized spacial score (nSPS) is 12.1. The zero-order chi connectivity index (χ0) is 41.6. The van der Waals surface area contributed by atoms with Gasteiger partial charge in [0.15, 0.2) is 0 Å². The van der Waals surface area contributed by atoms with Crippen molar-refractivity contribution in [2.45, 2.75) is 45.9 Å². The largest absolute Gasteiger partial charge is 0.507 e. The number of aromatic nitrogens is 3.